The number of imidazole rings is 1. The highest BCUT2D eigenvalue weighted by Crippen LogP contribution is 2.24. The lowest BCUT2D eigenvalue weighted by Crippen LogP contribution is -2.05. The van der Waals surface area contributed by atoms with Crippen LogP contribution >= 0.6 is 0 Å². The van der Waals surface area contributed by atoms with E-state index in [1.54, 1.807) is 26.7 Å². The number of fused-ring (bicyclic) bond motifs is 1. The third kappa shape index (κ3) is 2.71. The second-order valence-corrected chi connectivity index (χ2v) is 4.36. The van der Waals surface area contributed by atoms with E-state index in [0.717, 1.165) is 22.6 Å². The molecule has 0 fully saturated rings. The number of aromatic amines is 1. The van der Waals surface area contributed by atoms with E-state index in [4.69, 9.17) is 9.47 Å². The van der Waals surface area contributed by atoms with Crippen LogP contribution in [-0.2, 0) is 6.54 Å². The Bertz CT molecular complexity index is 756. The van der Waals surface area contributed by atoms with Gasteiger partial charge in [0, 0.05) is 12.1 Å². The van der Waals surface area contributed by atoms with Gasteiger partial charge in [-0.1, -0.05) is 0 Å². The van der Waals surface area contributed by atoms with Crippen molar-refractivity contribution in [2.45, 2.75) is 6.54 Å². The number of benzene rings is 1. The average Bonchev–Trinajstić information content (AvgIpc) is 3.00. The largest absolute Gasteiger partial charge is 0.497 e. The lowest BCUT2D eigenvalue weighted by molar-refractivity contribution is 0.399. The van der Waals surface area contributed by atoms with Crippen molar-refractivity contribution < 1.29 is 9.47 Å². The molecule has 7 nitrogen and oxygen atoms in total. The van der Waals surface area contributed by atoms with Crippen LogP contribution in [0.5, 0.6) is 11.5 Å². The highest BCUT2D eigenvalue weighted by molar-refractivity contribution is 5.69. The molecule has 3 aromatic rings. The summed E-state index contributed by atoms with van der Waals surface area (Å²) in [6.07, 6.45) is 3.29. The molecular formula is C14H15N5O2. The molecule has 1 aromatic carbocycles. The van der Waals surface area contributed by atoms with Crippen LogP contribution in [-0.4, -0.2) is 34.2 Å². The number of rotatable bonds is 5. The van der Waals surface area contributed by atoms with Gasteiger partial charge in [-0.05, 0) is 18.2 Å². The van der Waals surface area contributed by atoms with Crippen molar-refractivity contribution in [2.75, 3.05) is 19.5 Å². The standard InChI is InChI=1S/C14H15N5O2/c1-20-10-3-4-12(21-2)9(5-10)6-15-14-16-7-11-13(19-14)18-8-17-11/h3-5,7-8H,6H2,1-2H3,(H2,15,16,17,18,19). The van der Waals surface area contributed by atoms with Gasteiger partial charge in [0.25, 0.3) is 0 Å². The first-order chi connectivity index (χ1) is 10.3. The molecule has 2 N–H and O–H groups in total. The molecule has 0 saturated heterocycles. The first-order valence-corrected chi connectivity index (χ1v) is 6.41. The van der Waals surface area contributed by atoms with Crippen LogP contribution in [0.15, 0.2) is 30.7 Å². The zero-order chi connectivity index (χ0) is 14.7. The molecule has 0 saturated carbocycles. The number of nitrogens with one attached hydrogen (secondary N) is 2. The Balaban J connectivity index is 1.80. The molecule has 2 heterocycles. The summed E-state index contributed by atoms with van der Waals surface area (Å²) in [6, 6.07) is 5.64. The van der Waals surface area contributed by atoms with Crippen LogP contribution in [0.2, 0.25) is 0 Å². The third-order valence-electron chi connectivity index (χ3n) is 3.10. The summed E-state index contributed by atoms with van der Waals surface area (Å²) < 4.78 is 10.6. The number of hydrogen-bond acceptors (Lipinski definition) is 6. The van der Waals surface area contributed by atoms with Crippen LogP contribution in [0.4, 0.5) is 5.95 Å². The molecule has 0 atom stereocenters. The molecular weight excluding hydrogens is 270 g/mol. The van der Waals surface area contributed by atoms with Crippen molar-refractivity contribution in [1.29, 1.82) is 0 Å². The van der Waals surface area contributed by atoms with Gasteiger partial charge in [-0.3, -0.25) is 0 Å². The Morgan fingerprint density at radius 2 is 2.10 bits per heavy atom. The summed E-state index contributed by atoms with van der Waals surface area (Å²) in [5, 5.41) is 3.16. The Kier molecular flexibility index (Phi) is 3.55. The Morgan fingerprint density at radius 3 is 2.90 bits per heavy atom. The Morgan fingerprint density at radius 1 is 1.19 bits per heavy atom. The van der Waals surface area contributed by atoms with Gasteiger partial charge in [-0.25, -0.2) is 9.97 Å². The predicted octanol–water partition coefficient (Wildman–Crippen LogP) is 1.98. The van der Waals surface area contributed by atoms with Crippen molar-refractivity contribution in [2.24, 2.45) is 0 Å². The highest BCUT2D eigenvalue weighted by Gasteiger charge is 2.07. The van der Waals surface area contributed by atoms with E-state index < -0.39 is 0 Å². The number of ether oxygens (including phenoxy) is 2. The van der Waals surface area contributed by atoms with E-state index in [1.807, 2.05) is 18.2 Å². The van der Waals surface area contributed by atoms with Crippen LogP contribution in [0, 0.1) is 0 Å². The lowest BCUT2D eigenvalue weighted by atomic mass is 10.2. The lowest BCUT2D eigenvalue weighted by Gasteiger charge is -2.11. The summed E-state index contributed by atoms with van der Waals surface area (Å²) in [6.45, 7) is 0.524. The van der Waals surface area contributed by atoms with Gasteiger partial charge < -0.3 is 19.8 Å². The van der Waals surface area contributed by atoms with E-state index in [1.165, 1.54) is 0 Å². The van der Waals surface area contributed by atoms with Crippen molar-refractivity contribution in [3.63, 3.8) is 0 Å². The van der Waals surface area contributed by atoms with Gasteiger partial charge >= 0.3 is 0 Å². The maximum Gasteiger partial charge on any atom is 0.225 e. The van der Waals surface area contributed by atoms with Gasteiger partial charge in [0.2, 0.25) is 5.95 Å². The summed E-state index contributed by atoms with van der Waals surface area (Å²) in [4.78, 5) is 15.6. The molecule has 0 bridgehead atoms. The molecule has 7 heteroatoms. The molecule has 21 heavy (non-hydrogen) atoms. The predicted molar refractivity (Wildman–Crippen MR) is 78.6 cm³/mol. The van der Waals surface area contributed by atoms with Crippen molar-refractivity contribution in [3.8, 4) is 11.5 Å². The number of hydrogen-bond donors (Lipinski definition) is 2. The van der Waals surface area contributed by atoms with E-state index in [9.17, 15) is 0 Å². The summed E-state index contributed by atoms with van der Waals surface area (Å²) in [7, 11) is 3.27. The minimum absolute atomic E-state index is 0.513. The molecule has 3 rings (SSSR count). The van der Waals surface area contributed by atoms with Crippen LogP contribution in [0.3, 0.4) is 0 Å². The van der Waals surface area contributed by atoms with Gasteiger partial charge in [-0.15, -0.1) is 0 Å². The third-order valence-corrected chi connectivity index (χ3v) is 3.10. The Labute approximate surface area is 121 Å². The monoisotopic (exact) mass is 285 g/mol. The maximum absolute atomic E-state index is 5.34. The normalized spacial score (nSPS) is 10.6. The second-order valence-electron chi connectivity index (χ2n) is 4.36. The highest BCUT2D eigenvalue weighted by atomic mass is 16.5. The average molecular weight is 285 g/mol. The van der Waals surface area contributed by atoms with E-state index >= 15 is 0 Å². The van der Waals surface area contributed by atoms with Gasteiger partial charge in [0.15, 0.2) is 5.65 Å². The fraction of sp³-hybridized carbons (Fsp3) is 0.214. The molecule has 0 spiro atoms. The van der Waals surface area contributed by atoms with Crippen molar-refractivity contribution >= 4 is 17.1 Å². The smallest absolute Gasteiger partial charge is 0.225 e. The molecule has 2 aromatic heterocycles. The van der Waals surface area contributed by atoms with E-state index in [0.29, 0.717) is 18.1 Å². The summed E-state index contributed by atoms with van der Waals surface area (Å²) in [5.41, 5.74) is 2.40. The zero-order valence-corrected chi connectivity index (χ0v) is 11.8. The fourth-order valence-corrected chi connectivity index (χ4v) is 2.02. The van der Waals surface area contributed by atoms with Crippen LogP contribution in [0.1, 0.15) is 5.56 Å². The summed E-state index contributed by atoms with van der Waals surface area (Å²) >= 11 is 0. The molecule has 0 aliphatic heterocycles. The topological polar surface area (TPSA) is 85.0 Å². The number of H-pyrrole nitrogens is 1. The van der Waals surface area contributed by atoms with Crippen LogP contribution < -0.4 is 14.8 Å². The summed E-state index contributed by atoms with van der Waals surface area (Å²) in [5.74, 6) is 2.07. The van der Waals surface area contributed by atoms with E-state index in [2.05, 4.69) is 25.3 Å². The first-order valence-electron chi connectivity index (χ1n) is 6.41. The fourth-order valence-electron chi connectivity index (χ4n) is 2.02. The molecule has 0 amide bonds. The SMILES string of the molecule is COc1ccc(OC)c(CNc2ncc3[nH]cnc3n2)c1. The maximum atomic E-state index is 5.34. The van der Waals surface area contributed by atoms with Gasteiger partial charge in [0.05, 0.1) is 26.7 Å². The van der Waals surface area contributed by atoms with Gasteiger partial charge in [-0.2, -0.15) is 4.98 Å². The molecule has 108 valence electrons. The van der Waals surface area contributed by atoms with Crippen molar-refractivity contribution in [1.82, 2.24) is 19.9 Å². The van der Waals surface area contributed by atoms with E-state index in [-0.39, 0.29) is 0 Å². The number of anilines is 1. The minimum Gasteiger partial charge on any atom is -0.497 e. The minimum atomic E-state index is 0.513. The number of aromatic nitrogens is 4. The molecule has 0 aliphatic rings. The second kappa shape index (κ2) is 5.66. The Hall–Kier alpha value is -2.83. The van der Waals surface area contributed by atoms with Crippen LogP contribution in [0.25, 0.3) is 11.2 Å². The molecule has 0 aliphatic carbocycles. The molecule has 0 unspecified atom stereocenters. The van der Waals surface area contributed by atoms with Crippen molar-refractivity contribution in [3.05, 3.63) is 36.3 Å². The first kappa shape index (κ1) is 13.2. The number of nitrogens with zero attached hydrogens (tertiary/aromatic N) is 3. The quantitative estimate of drug-likeness (QED) is 0.745. The zero-order valence-electron chi connectivity index (χ0n) is 11.8. The van der Waals surface area contributed by atoms with Gasteiger partial charge in [0.1, 0.15) is 17.0 Å². The number of methoxy groups -OCH3 is 2. The molecule has 0 radical (unpaired) electrons.